The van der Waals surface area contributed by atoms with Crippen LogP contribution in [0.25, 0.3) is 0 Å². The average molecular weight is 437 g/mol. The quantitative estimate of drug-likeness (QED) is 0.720. The van der Waals surface area contributed by atoms with Gasteiger partial charge in [0, 0.05) is 24.7 Å². The van der Waals surface area contributed by atoms with Gasteiger partial charge in [0.05, 0.1) is 17.6 Å². The van der Waals surface area contributed by atoms with Crippen molar-refractivity contribution in [1.82, 2.24) is 9.62 Å². The first kappa shape index (κ1) is 21.6. The van der Waals surface area contributed by atoms with E-state index < -0.39 is 10.0 Å². The number of rotatable bonds is 7. The van der Waals surface area contributed by atoms with Crippen LogP contribution in [-0.4, -0.2) is 46.0 Å². The Kier molecular flexibility index (Phi) is 7.16. The van der Waals surface area contributed by atoms with Crippen LogP contribution in [0.5, 0.6) is 5.75 Å². The molecule has 1 aliphatic heterocycles. The Balaban J connectivity index is 1.74. The number of halogens is 1. The fourth-order valence-electron chi connectivity index (χ4n) is 3.35. The maximum absolute atomic E-state index is 12.9. The summed E-state index contributed by atoms with van der Waals surface area (Å²) in [6.45, 7) is 1.60. The Bertz CT molecular complexity index is 955. The van der Waals surface area contributed by atoms with Gasteiger partial charge in [-0.15, -0.1) is 0 Å². The Morgan fingerprint density at radius 1 is 1.10 bits per heavy atom. The first-order chi connectivity index (χ1) is 13.9. The Labute approximate surface area is 176 Å². The molecule has 29 heavy (non-hydrogen) atoms. The molecular formula is C21H25ClN2O4S. The van der Waals surface area contributed by atoms with E-state index in [1.165, 1.54) is 25.3 Å². The summed E-state index contributed by atoms with van der Waals surface area (Å²) in [5.41, 5.74) is 1.25. The van der Waals surface area contributed by atoms with Crippen molar-refractivity contribution in [1.29, 1.82) is 0 Å². The molecule has 1 heterocycles. The highest BCUT2D eigenvalue weighted by atomic mass is 35.5. The van der Waals surface area contributed by atoms with Crippen LogP contribution in [0.4, 0.5) is 0 Å². The van der Waals surface area contributed by atoms with Crippen molar-refractivity contribution in [3.63, 3.8) is 0 Å². The fourth-order valence-corrected chi connectivity index (χ4v) is 4.54. The normalized spacial score (nSPS) is 14.6. The van der Waals surface area contributed by atoms with E-state index in [9.17, 15) is 13.2 Å². The summed E-state index contributed by atoms with van der Waals surface area (Å²) in [5.74, 6) is 0.181. The lowest BCUT2D eigenvalue weighted by Crippen LogP contribution is -2.36. The van der Waals surface area contributed by atoms with Crippen molar-refractivity contribution in [2.45, 2.75) is 30.6 Å². The van der Waals surface area contributed by atoms with Crippen LogP contribution in [0.2, 0.25) is 5.02 Å². The minimum absolute atomic E-state index is 0.0507. The lowest BCUT2D eigenvalue weighted by molar-refractivity contribution is 0.0720. The van der Waals surface area contributed by atoms with Gasteiger partial charge in [0.15, 0.2) is 0 Å². The van der Waals surface area contributed by atoms with Crippen molar-refractivity contribution >= 4 is 27.5 Å². The maximum Gasteiger partial charge on any atom is 0.257 e. The number of sulfonamides is 1. The Morgan fingerprint density at radius 3 is 2.45 bits per heavy atom. The van der Waals surface area contributed by atoms with Crippen molar-refractivity contribution in [2.24, 2.45) is 0 Å². The van der Waals surface area contributed by atoms with Gasteiger partial charge >= 0.3 is 0 Å². The van der Waals surface area contributed by atoms with E-state index in [0.717, 1.165) is 24.8 Å². The van der Waals surface area contributed by atoms with Crippen molar-refractivity contribution in [2.75, 3.05) is 26.7 Å². The molecule has 0 saturated carbocycles. The fraction of sp³-hybridized carbons (Fsp3) is 0.381. The average Bonchev–Trinajstić information content (AvgIpc) is 2.74. The first-order valence-electron chi connectivity index (χ1n) is 9.62. The summed E-state index contributed by atoms with van der Waals surface area (Å²) in [6, 6.07) is 11.7. The number of hydrogen-bond acceptors (Lipinski definition) is 4. The number of hydrogen-bond donors (Lipinski definition) is 1. The zero-order chi connectivity index (χ0) is 20.9. The molecule has 1 fully saturated rings. The summed E-state index contributed by atoms with van der Waals surface area (Å²) in [7, 11) is -2.28. The molecule has 3 rings (SSSR count). The molecule has 0 spiro atoms. The summed E-state index contributed by atoms with van der Waals surface area (Å²) < 4.78 is 33.4. The number of likely N-dealkylation sites (tertiary alicyclic amines) is 1. The van der Waals surface area contributed by atoms with Crippen LogP contribution < -0.4 is 9.46 Å². The van der Waals surface area contributed by atoms with Crippen LogP contribution in [0.15, 0.2) is 47.4 Å². The van der Waals surface area contributed by atoms with Crippen LogP contribution in [0.3, 0.4) is 0 Å². The van der Waals surface area contributed by atoms with Crippen LogP contribution in [0.1, 0.15) is 35.2 Å². The molecular weight excluding hydrogens is 412 g/mol. The second-order valence-corrected chi connectivity index (χ2v) is 9.19. The highest BCUT2D eigenvalue weighted by Crippen LogP contribution is 2.25. The Morgan fingerprint density at radius 2 is 1.79 bits per heavy atom. The molecule has 0 aliphatic carbocycles. The SMILES string of the molecule is COc1ccc(S(=O)(=O)NCCc2ccc(Cl)cc2)cc1C(=O)N1CCCCC1. The summed E-state index contributed by atoms with van der Waals surface area (Å²) in [6.07, 6.45) is 3.55. The number of piperidine rings is 1. The number of amides is 1. The monoisotopic (exact) mass is 436 g/mol. The summed E-state index contributed by atoms with van der Waals surface area (Å²) in [5, 5.41) is 0.637. The molecule has 1 N–H and O–H groups in total. The van der Waals surface area contributed by atoms with E-state index in [0.29, 0.717) is 30.3 Å². The van der Waals surface area contributed by atoms with Gasteiger partial charge in [-0.05, 0) is 61.6 Å². The van der Waals surface area contributed by atoms with Crippen molar-refractivity contribution in [3.8, 4) is 5.75 Å². The minimum Gasteiger partial charge on any atom is -0.496 e. The second kappa shape index (κ2) is 9.61. The Hall–Kier alpha value is -2.09. The molecule has 8 heteroatoms. The minimum atomic E-state index is -3.75. The van der Waals surface area contributed by atoms with E-state index in [-0.39, 0.29) is 22.9 Å². The number of carbonyl (C=O) groups excluding carboxylic acids is 1. The van der Waals surface area contributed by atoms with E-state index in [4.69, 9.17) is 16.3 Å². The predicted octanol–water partition coefficient (Wildman–Crippen LogP) is 3.50. The third kappa shape index (κ3) is 5.50. The summed E-state index contributed by atoms with van der Waals surface area (Å²) in [4.78, 5) is 14.7. The lowest BCUT2D eigenvalue weighted by Gasteiger charge is -2.27. The molecule has 156 valence electrons. The van der Waals surface area contributed by atoms with E-state index in [1.807, 2.05) is 12.1 Å². The standard InChI is InChI=1S/C21H25ClN2O4S/c1-28-20-10-9-18(15-19(20)21(25)24-13-3-2-4-14-24)29(26,27)23-12-11-16-5-7-17(22)8-6-16/h5-10,15,23H,2-4,11-14H2,1H3. The molecule has 1 aliphatic rings. The number of methoxy groups -OCH3 is 1. The number of carbonyl (C=O) groups is 1. The zero-order valence-corrected chi connectivity index (χ0v) is 17.9. The van der Waals surface area contributed by atoms with E-state index in [1.54, 1.807) is 17.0 Å². The molecule has 0 bridgehead atoms. The van der Waals surface area contributed by atoms with Gasteiger partial charge in [-0.2, -0.15) is 0 Å². The predicted molar refractivity (Wildman–Crippen MR) is 113 cm³/mol. The third-order valence-electron chi connectivity index (χ3n) is 4.97. The van der Waals surface area contributed by atoms with E-state index >= 15 is 0 Å². The van der Waals surface area contributed by atoms with Gasteiger partial charge in [-0.3, -0.25) is 4.79 Å². The number of benzene rings is 2. The van der Waals surface area contributed by atoms with Crippen molar-refractivity contribution in [3.05, 3.63) is 58.6 Å². The van der Waals surface area contributed by atoms with Gasteiger partial charge in [-0.1, -0.05) is 23.7 Å². The van der Waals surface area contributed by atoms with Crippen LogP contribution in [-0.2, 0) is 16.4 Å². The van der Waals surface area contributed by atoms with E-state index in [2.05, 4.69) is 4.72 Å². The topological polar surface area (TPSA) is 75.7 Å². The number of nitrogens with zero attached hydrogens (tertiary/aromatic N) is 1. The van der Waals surface area contributed by atoms with Gasteiger partial charge in [-0.25, -0.2) is 13.1 Å². The molecule has 1 saturated heterocycles. The van der Waals surface area contributed by atoms with Gasteiger partial charge in [0.2, 0.25) is 10.0 Å². The highest BCUT2D eigenvalue weighted by molar-refractivity contribution is 7.89. The number of nitrogens with one attached hydrogen (secondary N) is 1. The molecule has 2 aromatic rings. The molecule has 2 aromatic carbocycles. The van der Waals surface area contributed by atoms with Gasteiger partial charge < -0.3 is 9.64 Å². The molecule has 0 radical (unpaired) electrons. The van der Waals surface area contributed by atoms with Gasteiger partial charge in [0.1, 0.15) is 5.75 Å². The smallest absolute Gasteiger partial charge is 0.257 e. The molecule has 0 unspecified atom stereocenters. The molecule has 1 amide bonds. The van der Waals surface area contributed by atoms with Crippen LogP contribution >= 0.6 is 11.6 Å². The molecule has 0 atom stereocenters. The first-order valence-corrected chi connectivity index (χ1v) is 11.5. The highest BCUT2D eigenvalue weighted by Gasteiger charge is 2.24. The zero-order valence-electron chi connectivity index (χ0n) is 16.4. The van der Waals surface area contributed by atoms with Gasteiger partial charge in [0.25, 0.3) is 5.91 Å². The second-order valence-electron chi connectivity index (χ2n) is 6.99. The van der Waals surface area contributed by atoms with Crippen molar-refractivity contribution < 1.29 is 17.9 Å². The maximum atomic E-state index is 12.9. The molecule has 0 aromatic heterocycles. The third-order valence-corrected chi connectivity index (χ3v) is 6.68. The largest absolute Gasteiger partial charge is 0.496 e. The summed E-state index contributed by atoms with van der Waals surface area (Å²) >= 11 is 5.87. The number of ether oxygens (including phenoxy) is 1. The molecule has 6 nitrogen and oxygen atoms in total. The lowest BCUT2D eigenvalue weighted by atomic mass is 10.1. The van der Waals surface area contributed by atoms with Crippen LogP contribution in [0, 0.1) is 0 Å².